The maximum Gasteiger partial charge on any atom is 0.324 e. The number of nitrogens with one attached hydrogen (secondary N) is 1. The van der Waals surface area contributed by atoms with Gasteiger partial charge >= 0.3 is 6.92 Å². The van der Waals surface area contributed by atoms with Crippen LogP contribution in [0.1, 0.15) is 51.4 Å². The molecule has 0 spiro atoms. The molecule has 0 radical (unpaired) electrons. The molecule has 1 saturated carbocycles. The fraction of sp³-hybridized carbons (Fsp3) is 0.300. The highest BCUT2D eigenvalue weighted by Gasteiger charge is 2.32. The lowest BCUT2D eigenvalue weighted by molar-refractivity contribution is 0.0964. The van der Waals surface area contributed by atoms with Crippen molar-refractivity contribution in [3.8, 4) is 11.3 Å². The molecule has 2 aliphatic rings. The first-order valence-corrected chi connectivity index (χ1v) is 14.1. The summed E-state index contributed by atoms with van der Waals surface area (Å²) in [5.41, 5.74) is 10.8. The Morgan fingerprint density at radius 3 is 2.54 bits per heavy atom. The van der Waals surface area contributed by atoms with E-state index in [1.807, 2.05) is 24.3 Å². The van der Waals surface area contributed by atoms with Crippen molar-refractivity contribution in [3.05, 3.63) is 76.3 Å². The van der Waals surface area contributed by atoms with Crippen LogP contribution in [0.15, 0.2) is 52.9 Å². The molecule has 188 valence electrons. The van der Waals surface area contributed by atoms with Crippen molar-refractivity contribution in [1.82, 2.24) is 5.32 Å². The van der Waals surface area contributed by atoms with E-state index in [0.717, 1.165) is 40.7 Å². The monoisotopic (exact) mass is 510 g/mol. The highest BCUT2D eigenvalue weighted by atomic mass is 32.2. The van der Waals surface area contributed by atoms with Gasteiger partial charge in [0.25, 0.3) is 5.91 Å². The van der Waals surface area contributed by atoms with Crippen LogP contribution in [0.25, 0.3) is 22.3 Å². The molecule has 0 saturated heterocycles. The van der Waals surface area contributed by atoms with Gasteiger partial charge in [0.05, 0.1) is 23.5 Å². The summed E-state index contributed by atoms with van der Waals surface area (Å²) in [6, 6.07) is 17.0. The van der Waals surface area contributed by atoms with E-state index in [9.17, 15) is 4.79 Å². The minimum Gasteiger partial charge on any atom is -0.455 e. The third-order valence-electron chi connectivity index (χ3n) is 7.61. The van der Waals surface area contributed by atoms with Crippen molar-refractivity contribution in [1.29, 1.82) is 0 Å². The van der Waals surface area contributed by atoms with Crippen molar-refractivity contribution < 1.29 is 13.9 Å². The second-order valence-electron chi connectivity index (χ2n) is 10.2. The van der Waals surface area contributed by atoms with Crippen LogP contribution < -0.4 is 15.1 Å². The molecule has 1 amide bonds. The standard InChI is InChI=1S/C30H31BN2O3S/c1-17-6-8-20(9-7-17)29-27(30(34)32-4)24-14-23(19-10-11-19)25(15-26(24)36-29)33(37-5)22-12-18(2)28-21(13-22)16-35-31(28)3/h6-9,12-15,19H,10-11,16H2,1-5H3,(H,32,34). The fourth-order valence-electron chi connectivity index (χ4n) is 5.61. The number of carbonyl (C=O) groups excluding carboxylic acids is 1. The van der Waals surface area contributed by atoms with Gasteiger partial charge in [-0.05, 0) is 79.3 Å². The minimum atomic E-state index is -0.131. The number of amides is 1. The van der Waals surface area contributed by atoms with E-state index in [1.165, 1.54) is 27.7 Å². The van der Waals surface area contributed by atoms with E-state index in [0.29, 0.717) is 23.8 Å². The Hall–Kier alpha value is -3.16. The lowest BCUT2D eigenvalue weighted by atomic mass is 9.62. The van der Waals surface area contributed by atoms with Gasteiger partial charge in [-0.25, -0.2) is 0 Å². The topological polar surface area (TPSA) is 54.7 Å². The van der Waals surface area contributed by atoms with Gasteiger partial charge in [-0.2, -0.15) is 0 Å². The first kappa shape index (κ1) is 24.2. The number of furan rings is 1. The number of nitrogens with zero attached hydrogens (tertiary/aromatic N) is 1. The molecule has 0 unspecified atom stereocenters. The van der Waals surface area contributed by atoms with Gasteiger partial charge in [-0.15, -0.1) is 0 Å². The van der Waals surface area contributed by atoms with Crippen molar-refractivity contribution in [3.63, 3.8) is 0 Å². The van der Waals surface area contributed by atoms with Crippen molar-refractivity contribution in [2.45, 2.75) is 46.0 Å². The van der Waals surface area contributed by atoms with Crippen LogP contribution in [-0.2, 0) is 11.3 Å². The van der Waals surface area contributed by atoms with Gasteiger partial charge < -0.3 is 14.4 Å². The largest absolute Gasteiger partial charge is 0.455 e. The normalized spacial score (nSPS) is 14.8. The predicted molar refractivity (Wildman–Crippen MR) is 155 cm³/mol. The number of anilines is 2. The van der Waals surface area contributed by atoms with Crippen LogP contribution in [0, 0.1) is 13.8 Å². The molecule has 1 aliphatic heterocycles. The van der Waals surface area contributed by atoms with E-state index < -0.39 is 0 Å². The third-order valence-corrected chi connectivity index (χ3v) is 8.38. The number of hydrogen-bond acceptors (Lipinski definition) is 5. The molecule has 1 fully saturated rings. The summed E-state index contributed by atoms with van der Waals surface area (Å²) in [5, 5.41) is 3.70. The van der Waals surface area contributed by atoms with E-state index >= 15 is 0 Å². The van der Waals surface area contributed by atoms with Crippen molar-refractivity contribution in [2.24, 2.45) is 0 Å². The van der Waals surface area contributed by atoms with Crippen LogP contribution in [-0.4, -0.2) is 26.1 Å². The van der Waals surface area contributed by atoms with Crippen LogP contribution in [0.5, 0.6) is 0 Å². The summed E-state index contributed by atoms with van der Waals surface area (Å²) in [7, 11) is 1.67. The highest BCUT2D eigenvalue weighted by molar-refractivity contribution is 8.00. The summed E-state index contributed by atoms with van der Waals surface area (Å²) < 4.78 is 14.7. The van der Waals surface area contributed by atoms with Gasteiger partial charge in [0.1, 0.15) is 11.3 Å². The van der Waals surface area contributed by atoms with Crippen molar-refractivity contribution in [2.75, 3.05) is 17.6 Å². The third kappa shape index (κ3) is 4.14. The van der Waals surface area contributed by atoms with Gasteiger partial charge in [0, 0.05) is 30.3 Å². The maximum atomic E-state index is 13.1. The molecule has 3 aromatic carbocycles. The number of benzene rings is 3. The fourth-order valence-corrected chi connectivity index (χ4v) is 6.29. The quantitative estimate of drug-likeness (QED) is 0.230. The summed E-state index contributed by atoms with van der Waals surface area (Å²) in [6.45, 7) is 7.14. The van der Waals surface area contributed by atoms with E-state index in [4.69, 9.17) is 9.07 Å². The highest BCUT2D eigenvalue weighted by Crippen LogP contribution is 2.50. The molecule has 2 heterocycles. The lowest BCUT2D eigenvalue weighted by Gasteiger charge is -2.26. The van der Waals surface area contributed by atoms with Crippen LogP contribution in [0.4, 0.5) is 11.4 Å². The molecular weight excluding hydrogens is 479 g/mol. The Morgan fingerprint density at radius 2 is 1.86 bits per heavy atom. The number of hydrogen-bond donors (Lipinski definition) is 1. The Bertz CT molecular complexity index is 1520. The molecule has 6 rings (SSSR count). The van der Waals surface area contributed by atoms with Gasteiger partial charge in [-0.3, -0.25) is 9.10 Å². The number of carbonyl (C=O) groups is 1. The van der Waals surface area contributed by atoms with Crippen LogP contribution in [0.2, 0.25) is 6.82 Å². The van der Waals surface area contributed by atoms with Crippen molar-refractivity contribution >= 4 is 52.6 Å². The maximum absolute atomic E-state index is 13.1. The smallest absolute Gasteiger partial charge is 0.324 e. The Balaban J connectivity index is 1.54. The molecule has 1 aliphatic carbocycles. The molecule has 7 heteroatoms. The van der Waals surface area contributed by atoms with Crippen LogP contribution >= 0.6 is 11.9 Å². The zero-order valence-electron chi connectivity index (χ0n) is 22.0. The summed E-state index contributed by atoms with van der Waals surface area (Å²) in [4.78, 5) is 13.1. The van der Waals surface area contributed by atoms with E-state index in [-0.39, 0.29) is 12.8 Å². The minimum absolute atomic E-state index is 0.131. The molecule has 0 atom stereocenters. The van der Waals surface area contributed by atoms with Gasteiger partial charge in [0.15, 0.2) is 0 Å². The average Bonchev–Trinajstić information content (AvgIpc) is 3.57. The Kier molecular flexibility index (Phi) is 6.08. The molecule has 1 N–H and O–H groups in total. The molecule has 0 bridgehead atoms. The zero-order valence-corrected chi connectivity index (χ0v) is 22.8. The van der Waals surface area contributed by atoms with Gasteiger partial charge in [0.2, 0.25) is 0 Å². The molecule has 1 aromatic heterocycles. The predicted octanol–water partition coefficient (Wildman–Crippen LogP) is 6.73. The van der Waals surface area contributed by atoms with E-state index in [1.54, 1.807) is 19.0 Å². The Morgan fingerprint density at radius 1 is 1.11 bits per heavy atom. The lowest BCUT2D eigenvalue weighted by Crippen LogP contribution is -2.27. The molecular formula is C30H31BN2O3S. The molecule has 37 heavy (non-hydrogen) atoms. The molecule has 4 aromatic rings. The SMILES string of the molecule is CNC(=O)c1c(-c2ccc(C)cc2)oc2cc(N(SC)c3cc(C)c4c(c3)COB4C)c(C3CC3)cc12. The van der Waals surface area contributed by atoms with E-state index in [2.05, 4.69) is 60.8 Å². The zero-order chi connectivity index (χ0) is 25.8. The number of rotatable bonds is 6. The number of fused-ring (bicyclic) bond motifs is 2. The number of aryl methyl sites for hydroxylation is 2. The first-order chi connectivity index (χ1) is 17.9. The first-order valence-electron chi connectivity index (χ1n) is 12.9. The summed E-state index contributed by atoms with van der Waals surface area (Å²) in [5.74, 6) is 0.973. The second kappa shape index (κ2) is 9.30. The average molecular weight is 510 g/mol. The van der Waals surface area contributed by atoms with Crippen LogP contribution in [0.3, 0.4) is 0 Å². The van der Waals surface area contributed by atoms with Gasteiger partial charge in [-0.1, -0.05) is 42.2 Å². The summed E-state index contributed by atoms with van der Waals surface area (Å²) >= 11 is 1.69. The Labute approximate surface area is 222 Å². The second-order valence-corrected chi connectivity index (χ2v) is 10.9. The molecule has 5 nitrogen and oxygen atoms in total. The summed E-state index contributed by atoms with van der Waals surface area (Å²) in [6.07, 6.45) is 4.43.